The number of nitrogens with zero attached hydrogens (tertiary/aromatic N) is 1. The zero-order valence-corrected chi connectivity index (χ0v) is 18.0. The Morgan fingerprint density at radius 3 is 2.43 bits per heavy atom. The van der Waals surface area contributed by atoms with Crippen LogP contribution >= 0.6 is 0 Å². The van der Waals surface area contributed by atoms with Crippen LogP contribution in [-0.4, -0.2) is 36.9 Å². The van der Waals surface area contributed by atoms with Gasteiger partial charge in [-0.2, -0.15) is 0 Å². The van der Waals surface area contributed by atoms with Crippen molar-refractivity contribution in [3.05, 3.63) is 28.8 Å². The fraction of sp³-hybridized carbons (Fsp3) is 0.652. The van der Waals surface area contributed by atoms with Crippen molar-refractivity contribution in [3.8, 4) is 0 Å². The highest BCUT2D eigenvalue weighted by molar-refractivity contribution is 5.80. The molecule has 0 atom stereocenters. The Balaban J connectivity index is 2.06. The second-order valence-corrected chi connectivity index (χ2v) is 8.19. The van der Waals surface area contributed by atoms with Gasteiger partial charge in [0.25, 0.3) is 0 Å². The van der Waals surface area contributed by atoms with Crippen molar-refractivity contribution >= 4 is 17.5 Å². The van der Waals surface area contributed by atoms with Gasteiger partial charge in [-0.25, -0.2) is 0 Å². The Kier molecular flexibility index (Phi) is 8.34. The molecule has 0 unspecified atom stereocenters. The van der Waals surface area contributed by atoms with Gasteiger partial charge in [-0.05, 0) is 61.6 Å². The Labute approximate surface area is 170 Å². The van der Waals surface area contributed by atoms with Crippen molar-refractivity contribution in [2.45, 2.75) is 83.6 Å². The maximum absolute atomic E-state index is 12.4. The number of unbranched alkanes of at least 4 members (excludes halogenated alkanes) is 2. The largest absolute Gasteiger partial charge is 0.388 e. The van der Waals surface area contributed by atoms with Crippen molar-refractivity contribution in [2.75, 3.05) is 19.4 Å². The predicted octanol–water partition coefficient (Wildman–Crippen LogP) is 4.13. The Morgan fingerprint density at radius 2 is 1.86 bits per heavy atom. The topological polar surface area (TPSA) is 75.4 Å². The van der Waals surface area contributed by atoms with E-state index >= 15 is 0 Å². The average Bonchev–Trinajstić information content (AvgIpc) is 2.68. The van der Waals surface area contributed by atoms with Crippen LogP contribution in [0.3, 0.4) is 0 Å². The smallest absolute Gasteiger partial charge is 0.222 e. The van der Waals surface area contributed by atoms with Gasteiger partial charge in [0.05, 0.1) is 6.42 Å². The monoisotopic (exact) mass is 387 g/mol. The molecular weight excluding hydrogens is 350 g/mol. The van der Waals surface area contributed by atoms with E-state index in [-0.39, 0.29) is 18.2 Å². The first-order valence-electron chi connectivity index (χ1n) is 10.7. The number of nitrogens with one attached hydrogen (secondary N) is 1. The third-order valence-electron chi connectivity index (χ3n) is 6.20. The molecule has 1 aromatic carbocycles. The van der Waals surface area contributed by atoms with Crippen LogP contribution in [0, 0.1) is 6.92 Å². The number of hydrogen-bond acceptors (Lipinski definition) is 3. The summed E-state index contributed by atoms with van der Waals surface area (Å²) >= 11 is 0. The van der Waals surface area contributed by atoms with Crippen molar-refractivity contribution in [1.82, 2.24) is 4.90 Å². The normalized spacial score (nSPS) is 19.3. The first kappa shape index (κ1) is 22.3. The van der Waals surface area contributed by atoms with E-state index in [0.717, 1.165) is 56.2 Å². The molecule has 5 heteroatoms. The van der Waals surface area contributed by atoms with E-state index in [4.69, 9.17) is 5.73 Å². The highest BCUT2D eigenvalue weighted by Crippen LogP contribution is 2.41. The van der Waals surface area contributed by atoms with Crippen molar-refractivity contribution in [3.63, 3.8) is 0 Å². The van der Waals surface area contributed by atoms with Gasteiger partial charge in [0.2, 0.25) is 11.8 Å². The summed E-state index contributed by atoms with van der Waals surface area (Å²) < 4.78 is 0. The third kappa shape index (κ3) is 5.49. The lowest BCUT2D eigenvalue weighted by atomic mass is 9.78. The van der Waals surface area contributed by atoms with Gasteiger partial charge in [0.1, 0.15) is 0 Å². The molecule has 1 aromatic rings. The van der Waals surface area contributed by atoms with Gasteiger partial charge in [-0.1, -0.05) is 31.9 Å². The molecule has 2 rings (SSSR count). The summed E-state index contributed by atoms with van der Waals surface area (Å²) in [6, 6.07) is 4.45. The van der Waals surface area contributed by atoms with E-state index in [0.29, 0.717) is 18.4 Å². The number of rotatable bonds is 9. The standard InChI is InChI=1S/C23H37N3O2/c1-5-6-7-8-21(28)26(4)19-13-11-17(12-14-19)22-16(2)9-10-18(15-20(24)27)23(22)25-3/h9-10,17,19,25H,5-8,11-15H2,1-4H3,(H2,24,27). The van der Waals surface area contributed by atoms with E-state index in [1.807, 2.05) is 25.1 Å². The molecular formula is C23H37N3O2. The second kappa shape index (κ2) is 10.5. The summed E-state index contributed by atoms with van der Waals surface area (Å²) in [5, 5.41) is 3.32. The Hall–Kier alpha value is -2.04. The molecule has 0 saturated heterocycles. The van der Waals surface area contributed by atoms with Gasteiger partial charge in [-0.15, -0.1) is 0 Å². The Morgan fingerprint density at radius 1 is 1.18 bits per heavy atom. The second-order valence-electron chi connectivity index (χ2n) is 8.19. The maximum Gasteiger partial charge on any atom is 0.222 e. The van der Waals surface area contributed by atoms with E-state index in [9.17, 15) is 9.59 Å². The number of hydrogen-bond donors (Lipinski definition) is 2. The molecule has 0 aliphatic heterocycles. The number of nitrogens with two attached hydrogens (primary N) is 1. The number of aryl methyl sites for hydroxylation is 1. The molecule has 1 aliphatic carbocycles. The van der Waals surface area contributed by atoms with Gasteiger partial charge in [0, 0.05) is 32.2 Å². The van der Waals surface area contributed by atoms with Crippen LogP contribution in [0.4, 0.5) is 5.69 Å². The zero-order chi connectivity index (χ0) is 20.7. The van der Waals surface area contributed by atoms with E-state index in [1.54, 1.807) is 0 Å². The number of anilines is 1. The first-order valence-corrected chi connectivity index (χ1v) is 10.7. The molecule has 3 N–H and O–H groups in total. The fourth-order valence-corrected chi connectivity index (χ4v) is 4.58. The lowest BCUT2D eigenvalue weighted by Gasteiger charge is -2.36. The third-order valence-corrected chi connectivity index (χ3v) is 6.20. The zero-order valence-electron chi connectivity index (χ0n) is 18.0. The minimum absolute atomic E-state index is 0.258. The number of benzene rings is 1. The average molecular weight is 388 g/mol. The summed E-state index contributed by atoms with van der Waals surface area (Å²) in [6.07, 6.45) is 8.37. The van der Waals surface area contributed by atoms with E-state index < -0.39 is 0 Å². The predicted molar refractivity (Wildman–Crippen MR) is 116 cm³/mol. The number of carbonyl (C=O) groups is 2. The van der Waals surface area contributed by atoms with E-state index in [1.165, 1.54) is 11.1 Å². The lowest BCUT2D eigenvalue weighted by molar-refractivity contribution is -0.132. The van der Waals surface area contributed by atoms with Crippen LogP contribution in [0.15, 0.2) is 12.1 Å². The molecule has 1 aliphatic rings. The van der Waals surface area contributed by atoms with Crippen LogP contribution < -0.4 is 11.1 Å². The van der Waals surface area contributed by atoms with Crippen LogP contribution in [0.25, 0.3) is 0 Å². The SMILES string of the molecule is CCCCCC(=O)N(C)C1CCC(c2c(C)ccc(CC(N)=O)c2NC)CC1. The molecule has 156 valence electrons. The van der Waals surface area contributed by atoms with Gasteiger partial charge in [-0.3, -0.25) is 9.59 Å². The van der Waals surface area contributed by atoms with Gasteiger partial charge < -0.3 is 16.0 Å². The number of carbonyl (C=O) groups excluding carboxylic acids is 2. The molecule has 0 bridgehead atoms. The molecule has 1 saturated carbocycles. The molecule has 0 spiro atoms. The highest BCUT2D eigenvalue weighted by Gasteiger charge is 2.29. The summed E-state index contributed by atoms with van der Waals surface area (Å²) in [4.78, 5) is 25.9. The fourth-order valence-electron chi connectivity index (χ4n) is 4.58. The summed E-state index contributed by atoms with van der Waals surface area (Å²) in [5.41, 5.74) is 10.0. The van der Waals surface area contributed by atoms with E-state index in [2.05, 4.69) is 25.2 Å². The van der Waals surface area contributed by atoms with Crippen molar-refractivity contribution in [2.24, 2.45) is 5.73 Å². The van der Waals surface area contributed by atoms with Crippen LogP contribution in [0.2, 0.25) is 0 Å². The van der Waals surface area contributed by atoms with Crippen LogP contribution in [0.5, 0.6) is 0 Å². The molecule has 5 nitrogen and oxygen atoms in total. The van der Waals surface area contributed by atoms with Gasteiger partial charge in [0.15, 0.2) is 0 Å². The number of amides is 2. The van der Waals surface area contributed by atoms with Crippen LogP contribution in [0.1, 0.15) is 80.9 Å². The van der Waals surface area contributed by atoms with Crippen LogP contribution in [-0.2, 0) is 16.0 Å². The first-order chi connectivity index (χ1) is 13.4. The lowest BCUT2D eigenvalue weighted by Crippen LogP contribution is -2.39. The highest BCUT2D eigenvalue weighted by atomic mass is 16.2. The molecule has 0 aromatic heterocycles. The van der Waals surface area contributed by atoms with Crippen molar-refractivity contribution < 1.29 is 9.59 Å². The summed E-state index contributed by atoms with van der Waals surface area (Å²) in [5.74, 6) is 0.431. The molecule has 1 fully saturated rings. The summed E-state index contributed by atoms with van der Waals surface area (Å²) in [6.45, 7) is 4.30. The quantitative estimate of drug-likeness (QED) is 0.626. The molecule has 0 radical (unpaired) electrons. The summed E-state index contributed by atoms with van der Waals surface area (Å²) in [7, 11) is 3.88. The number of primary amides is 1. The Bertz CT molecular complexity index is 679. The maximum atomic E-state index is 12.4. The molecule has 0 heterocycles. The van der Waals surface area contributed by atoms with Gasteiger partial charge >= 0.3 is 0 Å². The minimum Gasteiger partial charge on any atom is -0.388 e. The molecule has 28 heavy (non-hydrogen) atoms. The minimum atomic E-state index is -0.307. The molecule has 2 amide bonds. The van der Waals surface area contributed by atoms with Crippen molar-refractivity contribution in [1.29, 1.82) is 0 Å².